The van der Waals surface area contributed by atoms with E-state index in [0.29, 0.717) is 11.5 Å². The average Bonchev–Trinajstić information content (AvgIpc) is 3.32. The minimum Gasteiger partial charge on any atom is -0.388 e. The molecule has 0 aromatic carbocycles. The van der Waals surface area contributed by atoms with Gasteiger partial charge in [-0.1, -0.05) is 13.8 Å². The summed E-state index contributed by atoms with van der Waals surface area (Å²) in [6, 6.07) is 1.90. The van der Waals surface area contributed by atoms with E-state index in [-0.39, 0.29) is 18.4 Å². The van der Waals surface area contributed by atoms with Crippen LogP contribution >= 0.6 is 0 Å². The molecular formula is C18H26N4O2. The minimum absolute atomic E-state index is 0.0532. The molecule has 1 amide bonds. The highest BCUT2D eigenvalue weighted by atomic mass is 16.3. The van der Waals surface area contributed by atoms with Crippen molar-refractivity contribution in [2.45, 2.75) is 52.1 Å². The number of hydrogen-bond acceptors (Lipinski definition) is 4. The number of carbonyl (C=O) groups excluding carboxylic acids is 1. The molecule has 2 N–H and O–H groups in total. The Morgan fingerprint density at radius 2 is 2.17 bits per heavy atom. The number of pyridine rings is 1. The molecule has 1 aliphatic carbocycles. The molecule has 2 aromatic heterocycles. The first-order valence-corrected chi connectivity index (χ1v) is 8.55. The quantitative estimate of drug-likeness (QED) is 0.881. The first-order valence-electron chi connectivity index (χ1n) is 8.55. The van der Waals surface area contributed by atoms with Crippen molar-refractivity contribution in [3.05, 3.63) is 23.0 Å². The lowest BCUT2D eigenvalue weighted by Crippen LogP contribution is -2.44. The van der Waals surface area contributed by atoms with Crippen LogP contribution in [0.1, 0.15) is 61.3 Å². The fraction of sp³-hybridized carbons (Fsp3) is 0.611. The van der Waals surface area contributed by atoms with Crippen LogP contribution in [0.2, 0.25) is 0 Å². The van der Waals surface area contributed by atoms with Crippen molar-refractivity contribution < 1.29 is 9.90 Å². The van der Waals surface area contributed by atoms with Crippen molar-refractivity contribution in [1.29, 1.82) is 0 Å². The maximum Gasteiger partial charge on any atom is 0.252 e. The van der Waals surface area contributed by atoms with Crippen LogP contribution in [0.5, 0.6) is 0 Å². The number of aromatic nitrogens is 3. The Bertz CT molecular complexity index is 788. The number of rotatable bonds is 5. The van der Waals surface area contributed by atoms with Crippen LogP contribution in [-0.4, -0.2) is 37.9 Å². The van der Waals surface area contributed by atoms with E-state index in [1.165, 1.54) is 0 Å². The molecule has 1 fully saturated rings. The molecular weight excluding hydrogens is 304 g/mol. The van der Waals surface area contributed by atoms with E-state index in [9.17, 15) is 9.90 Å². The number of nitrogens with zero attached hydrogens (tertiary/aromatic N) is 3. The van der Waals surface area contributed by atoms with Gasteiger partial charge in [-0.3, -0.25) is 9.48 Å². The van der Waals surface area contributed by atoms with Gasteiger partial charge in [-0.15, -0.1) is 0 Å². The summed E-state index contributed by atoms with van der Waals surface area (Å²) in [6.45, 7) is 7.72. The van der Waals surface area contributed by atoms with Gasteiger partial charge in [0.25, 0.3) is 5.91 Å². The Kier molecular flexibility index (Phi) is 4.11. The van der Waals surface area contributed by atoms with Crippen LogP contribution in [0.15, 0.2) is 6.07 Å². The maximum absolute atomic E-state index is 12.8. The van der Waals surface area contributed by atoms with Gasteiger partial charge in [-0.2, -0.15) is 5.10 Å². The van der Waals surface area contributed by atoms with E-state index in [0.717, 1.165) is 35.3 Å². The molecule has 6 heteroatoms. The lowest BCUT2D eigenvalue weighted by molar-refractivity contribution is 0.0142. The molecule has 2 heterocycles. The van der Waals surface area contributed by atoms with Gasteiger partial charge in [0.05, 0.1) is 22.2 Å². The number of aryl methyl sites for hydroxylation is 2. The average molecular weight is 330 g/mol. The molecule has 1 unspecified atom stereocenters. The van der Waals surface area contributed by atoms with Crippen LogP contribution in [0, 0.1) is 12.8 Å². The lowest BCUT2D eigenvalue weighted by atomic mass is 9.92. The molecule has 0 spiro atoms. The molecule has 0 saturated heterocycles. The van der Waals surface area contributed by atoms with Crippen molar-refractivity contribution >= 4 is 16.9 Å². The largest absolute Gasteiger partial charge is 0.388 e. The third kappa shape index (κ3) is 3.02. The zero-order valence-electron chi connectivity index (χ0n) is 15.1. The summed E-state index contributed by atoms with van der Waals surface area (Å²) in [6.07, 6.45) is 2.25. The molecule has 24 heavy (non-hydrogen) atoms. The number of nitrogens with one attached hydrogen (secondary N) is 1. The van der Waals surface area contributed by atoms with Crippen molar-refractivity contribution in [2.75, 3.05) is 6.54 Å². The third-order valence-corrected chi connectivity index (χ3v) is 5.08. The Labute approximate surface area is 142 Å². The van der Waals surface area contributed by atoms with Gasteiger partial charge >= 0.3 is 0 Å². The molecule has 0 radical (unpaired) electrons. The van der Waals surface area contributed by atoms with Crippen molar-refractivity contribution in [3.8, 4) is 0 Å². The number of fused-ring (bicyclic) bond motifs is 1. The van der Waals surface area contributed by atoms with Gasteiger partial charge in [-0.05, 0) is 38.7 Å². The predicted molar refractivity (Wildman–Crippen MR) is 93.0 cm³/mol. The number of amides is 1. The zero-order chi connectivity index (χ0) is 17.6. The van der Waals surface area contributed by atoms with Crippen molar-refractivity contribution in [2.24, 2.45) is 13.0 Å². The van der Waals surface area contributed by atoms with Gasteiger partial charge < -0.3 is 10.4 Å². The molecule has 6 nitrogen and oxygen atoms in total. The van der Waals surface area contributed by atoms with Crippen LogP contribution in [0.25, 0.3) is 11.0 Å². The molecule has 2 aromatic rings. The topological polar surface area (TPSA) is 80.0 Å². The Morgan fingerprint density at radius 3 is 2.75 bits per heavy atom. The van der Waals surface area contributed by atoms with E-state index in [2.05, 4.69) is 10.4 Å². The second-order valence-corrected chi connectivity index (χ2v) is 7.47. The van der Waals surface area contributed by atoms with Crippen LogP contribution in [-0.2, 0) is 7.05 Å². The number of hydrogen-bond donors (Lipinski definition) is 2. The molecule has 0 bridgehead atoms. The van der Waals surface area contributed by atoms with E-state index >= 15 is 0 Å². The Balaban J connectivity index is 1.96. The molecule has 0 aliphatic heterocycles. The summed E-state index contributed by atoms with van der Waals surface area (Å²) < 4.78 is 1.73. The second-order valence-electron chi connectivity index (χ2n) is 7.47. The van der Waals surface area contributed by atoms with E-state index in [1.54, 1.807) is 11.6 Å². The summed E-state index contributed by atoms with van der Waals surface area (Å²) in [5.41, 5.74) is 2.17. The zero-order valence-corrected chi connectivity index (χ0v) is 15.1. The highest BCUT2D eigenvalue weighted by Gasteiger charge is 2.30. The SMILES string of the molecule is Cc1nn(C)c2nc(C3CC3)cc(C(=O)NCC(C)(O)C(C)C)c12. The highest BCUT2D eigenvalue weighted by molar-refractivity contribution is 6.06. The van der Waals surface area contributed by atoms with E-state index < -0.39 is 5.60 Å². The first-order chi connectivity index (χ1) is 11.2. The monoisotopic (exact) mass is 330 g/mol. The smallest absolute Gasteiger partial charge is 0.252 e. The van der Waals surface area contributed by atoms with Crippen LogP contribution in [0.3, 0.4) is 0 Å². The Hall–Kier alpha value is -1.95. The first kappa shape index (κ1) is 16.9. The molecule has 1 aliphatic rings. The predicted octanol–water partition coefficient (Wildman–Crippen LogP) is 2.29. The summed E-state index contributed by atoms with van der Waals surface area (Å²) in [7, 11) is 1.85. The van der Waals surface area contributed by atoms with Gasteiger partial charge in [0.1, 0.15) is 0 Å². The fourth-order valence-corrected chi connectivity index (χ4v) is 2.79. The molecule has 1 saturated carbocycles. The van der Waals surface area contributed by atoms with Crippen molar-refractivity contribution in [3.63, 3.8) is 0 Å². The number of carbonyl (C=O) groups is 1. The molecule has 130 valence electrons. The van der Waals surface area contributed by atoms with Gasteiger partial charge in [0, 0.05) is 25.2 Å². The summed E-state index contributed by atoms with van der Waals surface area (Å²) in [4.78, 5) is 17.5. The minimum atomic E-state index is -0.939. The number of aliphatic hydroxyl groups is 1. The van der Waals surface area contributed by atoms with Gasteiger partial charge in [0.15, 0.2) is 5.65 Å². The van der Waals surface area contributed by atoms with Gasteiger partial charge in [-0.25, -0.2) is 4.98 Å². The molecule has 3 rings (SSSR count). The van der Waals surface area contributed by atoms with E-state index in [4.69, 9.17) is 4.98 Å². The highest BCUT2D eigenvalue weighted by Crippen LogP contribution is 2.40. The summed E-state index contributed by atoms with van der Waals surface area (Å²) in [5, 5.41) is 18.5. The normalized spacial score (nSPS) is 17.3. The Morgan fingerprint density at radius 1 is 1.50 bits per heavy atom. The van der Waals surface area contributed by atoms with Crippen LogP contribution < -0.4 is 5.32 Å². The second kappa shape index (κ2) is 5.84. The van der Waals surface area contributed by atoms with Gasteiger partial charge in [0.2, 0.25) is 0 Å². The fourth-order valence-electron chi connectivity index (χ4n) is 2.79. The lowest BCUT2D eigenvalue weighted by Gasteiger charge is -2.27. The van der Waals surface area contributed by atoms with E-state index in [1.807, 2.05) is 33.9 Å². The van der Waals surface area contributed by atoms with Crippen molar-refractivity contribution in [1.82, 2.24) is 20.1 Å². The van der Waals surface area contributed by atoms with Crippen LogP contribution in [0.4, 0.5) is 0 Å². The summed E-state index contributed by atoms with van der Waals surface area (Å²) in [5.74, 6) is 0.327. The standard InChI is InChI=1S/C18H26N4O2/c1-10(2)18(4,24)9-19-17(23)13-8-14(12-6-7-12)20-16-15(13)11(3)21-22(16)5/h8,10,12,24H,6-7,9H2,1-5H3,(H,19,23). The maximum atomic E-state index is 12.8. The molecule has 1 atom stereocenters. The third-order valence-electron chi connectivity index (χ3n) is 5.08. The summed E-state index contributed by atoms with van der Waals surface area (Å²) >= 11 is 0.